The summed E-state index contributed by atoms with van der Waals surface area (Å²) in [6.45, 7) is 11.6. The maximum Gasteiger partial charge on any atom is 0.407 e. The molecule has 0 saturated carbocycles. The molecule has 0 fully saturated rings. The lowest BCUT2D eigenvalue weighted by Gasteiger charge is -2.39. The van der Waals surface area contributed by atoms with E-state index in [2.05, 4.69) is 39.2 Å². The van der Waals surface area contributed by atoms with Crippen LogP contribution in [0.1, 0.15) is 43.6 Å². The zero-order valence-electron chi connectivity index (χ0n) is 23.2. The predicted molar refractivity (Wildman–Crippen MR) is 154 cm³/mol. The molecule has 8 heteroatoms. The minimum Gasteiger partial charge on any atom is -0.493 e. The van der Waals surface area contributed by atoms with E-state index in [1.165, 1.54) is 0 Å². The fourth-order valence-electron chi connectivity index (χ4n) is 3.58. The number of rotatable bonds is 11. The van der Waals surface area contributed by atoms with E-state index in [1.807, 2.05) is 72.8 Å². The number of benzene rings is 3. The van der Waals surface area contributed by atoms with Crippen LogP contribution in [0.4, 0.5) is 10.5 Å². The number of nitrogens with two attached hydrogens (primary N) is 1. The Balaban J connectivity index is 1.80. The largest absolute Gasteiger partial charge is 0.493 e. The van der Waals surface area contributed by atoms with Gasteiger partial charge in [-0.25, -0.2) is 4.79 Å². The summed E-state index contributed by atoms with van der Waals surface area (Å²) in [5.41, 5.74) is 9.62. The van der Waals surface area contributed by atoms with Crippen molar-refractivity contribution in [3.8, 4) is 11.5 Å². The second-order valence-electron chi connectivity index (χ2n) is 10.7. The Morgan fingerprint density at radius 1 is 0.947 bits per heavy atom. The Hall–Kier alpha value is -3.49. The van der Waals surface area contributed by atoms with Crippen molar-refractivity contribution in [2.24, 2.45) is 0 Å². The van der Waals surface area contributed by atoms with E-state index in [4.69, 9.17) is 24.4 Å². The smallest absolute Gasteiger partial charge is 0.407 e. The minimum atomic E-state index is -2.22. The van der Waals surface area contributed by atoms with E-state index >= 15 is 0 Å². The van der Waals surface area contributed by atoms with Gasteiger partial charge in [0.15, 0.2) is 19.8 Å². The van der Waals surface area contributed by atoms with Gasteiger partial charge in [-0.15, -0.1) is 0 Å². The number of ether oxygens (including phenoxy) is 3. The summed E-state index contributed by atoms with van der Waals surface area (Å²) in [6.07, 6.45) is -0.972. The number of nitrogen functional groups attached to an aromatic ring is 1. The van der Waals surface area contributed by atoms with E-state index in [1.54, 1.807) is 7.11 Å². The molecule has 0 aliphatic rings. The molecule has 1 atom stereocenters. The molecule has 0 aliphatic heterocycles. The molecule has 0 aliphatic carbocycles. The van der Waals surface area contributed by atoms with Gasteiger partial charge in [0.1, 0.15) is 13.2 Å². The van der Waals surface area contributed by atoms with Gasteiger partial charge in [0.05, 0.1) is 25.4 Å². The summed E-state index contributed by atoms with van der Waals surface area (Å²) < 4.78 is 23.8. The third-order valence-corrected chi connectivity index (χ3v) is 11.3. The highest BCUT2D eigenvalue weighted by Gasteiger charge is 2.39. The van der Waals surface area contributed by atoms with Gasteiger partial charge < -0.3 is 29.7 Å². The van der Waals surface area contributed by atoms with Crippen LogP contribution in [-0.4, -0.2) is 28.1 Å². The number of carbonyl (C=O) groups is 1. The molecule has 3 aromatic carbocycles. The first-order chi connectivity index (χ1) is 18.0. The number of nitrogens with one attached hydrogen (secondary N) is 1. The topological polar surface area (TPSA) is 92.0 Å². The summed E-state index contributed by atoms with van der Waals surface area (Å²) in [5, 5.41) is 2.83. The molecular formula is C30H40N2O5Si. The molecule has 0 saturated heterocycles. The van der Waals surface area contributed by atoms with Crippen molar-refractivity contribution in [1.82, 2.24) is 5.32 Å². The summed E-state index contributed by atoms with van der Waals surface area (Å²) in [5.74, 6) is 0.979. The summed E-state index contributed by atoms with van der Waals surface area (Å²) >= 11 is 0. The number of methoxy groups -OCH3 is 1. The molecular weight excluding hydrogens is 496 g/mol. The number of anilines is 1. The molecule has 0 radical (unpaired) electrons. The van der Waals surface area contributed by atoms with Crippen molar-refractivity contribution in [1.29, 1.82) is 0 Å². The molecule has 1 unspecified atom stereocenters. The van der Waals surface area contributed by atoms with Crippen LogP contribution in [0.15, 0.2) is 72.8 Å². The maximum atomic E-state index is 12.5. The first-order valence-electron chi connectivity index (χ1n) is 12.8. The maximum absolute atomic E-state index is 12.5. The molecule has 0 spiro atoms. The molecule has 38 heavy (non-hydrogen) atoms. The lowest BCUT2D eigenvalue weighted by Crippen LogP contribution is -2.44. The summed E-state index contributed by atoms with van der Waals surface area (Å²) in [6, 6.07) is 23.1. The first-order valence-corrected chi connectivity index (χ1v) is 15.7. The predicted octanol–water partition coefficient (Wildman–Crippen LogP) is 6.85. The molecule has 7 nitrogen and oxygen atoms in total. The number of hydrogen-bond acceptors (Lipinski definition) is 6. The minimum absolute atomic E-state index is 0.0343. The Labute approximate surface area is 227 Å². The Morgan fingerprint density at radius 2 is 1.53 bits per heavy atom. The van der Waals surface area contributed by atoms with Gasteiger partial charge in [-0.1, -0.05) is 81.4 Å². The Morgan fingerprint density at radius 3 is 2.08 bits per heavy atom. The highest BCUT2D eigenvalue weighted by Crippen LogP contribution is 2.42. The van der Waals surface area contributed by atoms with E-state index in [-0.39, 0.29) is 18.2 Å². The molecule has 1 amide bonds. The monoisotopic (exact) mass is 536 g/mol. The van der Waals surface area contributed by atoms with Gasteiger partial charge in [0.2, 0.25) is 0 Å². The summed E-state index contributed by atoms with van der Waals surface area (Å²) in [4.78, 5) is 12.5. The van der Waals surface area contributed by atoms with Crippen LogP contribution in [0.25, 0.3) is 0 Å². The van der Waals surface area contributed by atoms with Gasteiger partial charge in [0.25, 0.3) is 0 Å². The van der Waals surface area contributed by atoms with Crippen molar-refractivity contribution in [3.05, 3.63) is 89.5 Å². The highest BCUT2D eigenvalue weighted by molar-refractivity contribution is 6.74. The average Bonchev–Trinajstić information content (AvgIpc) is 2.89. The normalized spacial score (nSPS) is 12.5. The fraction of sp³-hybridized carbons (Fsp3) is 0.367. The van der Waals surface area contributed by atoms with E-state index < -0.39 is 20.5 Å². The van der Waals surface area contributed by atoms with Gasteiger partial charge in [-0.05, 0) is 47.0 Å². The van der Waals surface area contributed by atoms with E-state index in [0.717, 1.165) is 16.7 Å². The van der Waals surface area contributed by atoms with Crippen molar-refractivity contribution in [2.45, 2.75) is 58.2 Å². The lowest BCUT2D eigenvalue weighted by atomic mass is 10.1. The third kappa shape index (κ3) is 8.00. The fourth-order valence-corrected chi connectivity index (χ4v) is 4.86. The van der Waals surface area contributed by atoms with Gasteiger partial charge in [-0.3, -0.25) is 0 Å². The molecule has 3 N–H and O–H groups in total. The van der Waals surface area contributed by atoms with Crippen LogP contribution in [0.3, 0.4) is 0 Å². The standard InChI is InChI=1S/C30H40N2O5Si/c1-30(2,3)38(5,6)37-27(19-32-29(33)36-21-23-15-11-8-12-16-23)24-17-25(31)28(26(18-24)34-4)35-20-22-13-9-7-10-14-22/h7-18,27H,19-21,31H2,1-6H3,(H,32,33). The van der Waals surface area contributed by atoms with Crippen LogP contribution in [0.5, 0.6) is 11.5 Å². The molecule has 0 heterocycles. The quantitative estimate of drug-likeness (QED) is 0.206. The lowest BCUT2D eigenvalue weighted by molar-refractivity contribution is 0.127. The van der Waals surface area contributed by atoms with Crippen LogP contribution in [0, 0.1) is 0 Å². The average molecular weight is 537 g/mol. The third-order valence-electron chi connectivity index (χ3n) is 6.81. The Kier molecular flexibility index (Phi) is 9.82. The van der Waals surface area contributed by atoms with E-state index in [9.17, 15) is 4.79 Å². The molecule has 0 bridgehead atoms. The second-order valence-corrected chi connectivity index (χ2v) is 15.5. The highest BCUT2D eigenvalue weighted by atomic mass is 28.4. The van der Waals surface area contributed by atoms with Crippen LogP contribution in [0.2, 0.25) is 18.1 Å². The second kappa shape index (κ2) is 12.8. The van der Waals surface area contributed by atoms with Crippen LogP contribution < -0.4 is 20.5 Å². The first kappa shape index (κ1) is 29.1. The molecule has 204 valence electrons. The van der Waals surface area contributed by atoms with E-state index in [0.29, 0.717) is 23.8 Å². The van der Waals surface area contributed by atoms with Crippen LogP contribution >= 0.6 is 0 Å². The van der Waals surface area contributed by atoms with Gasteiger partial charge in [-0.2, -0.15) is 0 Å². The SMILES string of the molecule is COc1cc(C(CNC(=O)OCc2ccccc2)O[Si](C)(C)C(C)(C)C)cc(N)c1OCc1ccccc1. The zero-order chi connectivity index (χ0) is 27.8. The number of carbonyl (C=O) groups excluding carboxylic acids is 1. The van der Waals surface area contributed by atoms with Crippen molar-refractivity contribution in [2.75, 3.05) is 19.4 Å². The molecule has 3 rings (SSSR count). The Bertz CT molecular complexity index is 1180. The zero-order valence-corrected chi connectivity index (χ0v) is 24.2. The van der Waals surface area contributed by atoms with Crippen molar-refractivity contribution in [3.63, 3.8) is 0 Å². The molecule has 3 aromatic rings. The number of amides is 1. The molecule has 0 aromatic heterocycles. The van der Waals surface area contributed by atoms with Gasteiger partial charge >= 0.3 is 6.09 Å². The van der Waals surface area contributed by atoms with Crippen LogP contribution in [-0.2, 0) is 22.4 Å². The van der Waals surface area contributed by atoms with Crippen molar-refractivity contribution >= 4 is 20.1 Å². The number of hydrogen-bond donors (Lipinski definition) is 2. The van der Waals surface area contributed by atoms with Crippen molar-refractivity contribution < 1.29 is 23.4 Å². The van der Waals surface area contributed by atoms with Gasteiger partial charge in [0, 0.05) is 0 Å². The number of alkyl carbamates (subject to hydrolysis) is 1. The summed E-state index contributed by atoms with van der Waals surface area (Å²) in [7, 11) is -0.637.